The second-order valence-electron chi connectivity index (χ2n) is 4.16. The first-order valence-corrected chi connectivity index (χ1v) is 7.10. The van der Waals surface area contributed by atoms with Gasteiger partial charge in [0.25, 0.3) is 0 Å². The van der Waals surface area contributed by atoms with Crippen LogP contribution in [0.2, 0.25) is 0 Å². The largest absolute Gasteiger partial charge is 0.392 e. The van der Waals surface area contributed by atoms with Gasteiger partial charge in [0.2, 0.25) is 0 Å². The zero-order valence-electron chi connectivity index (χ0n) is 9.66. The van der Waals surface area contributed by atoms with Crippen molar-refractivity contribution >= 4 is 9.84 Å². The number of sulfone groups is 1. The quantitative estimate of drug-likeness (QED) is 0.779. The highest BCUT2D eigenvalue weighted by molar-refractivity contribution is 7.90. The topological polar surface area (TPSA) is 85.1 Å². The van der Waals surface area contributed by atoms with E-state index < -0.39 is 15.9 Å². The number of nitrogens with zero attached hydrogens (tertiary/aromatic N) is 3. The fraction of sp³-hybridized carbons (Fsp3) is 0.778. The molecule has 0 aromatic carbocycles. The van der Waals surface area contributed by atoms with Crippen LogP contribution in [0.25, 0.3) is 0 Å². The van der Waals surface area contributed by atoms with Crippen molar-refractivity contribution in [1.82, 2.24) is 14.8 Å². The van der Waals surface area contributed by atoms with E-state index >= 15 is 0 Å². The van der Waals surface area contributed by atoms with E-state index in [-0.39, 0.29) is 18.2 Å². The van der Waals surface area contributed by atoms with E-state index in [0.717, 1.165) is 6.26 Å². The zero-order valence-corrected chi connectivity index (χ0v) is 10.5. The minimum atomic E-state index is -3.17. The van der Waals surface area contributed by atoms with Gasteiger partial charge >= 0.3 is 0 Å². The Labute approximate surface area is 95.2 Å². The molecule has 7 heteroatoms. The highest BCUT2D eigenvalue weighted by atomic mass is 32.2. The van der Waals surface area contributed by atoms with E-state index in [1.54, 1.807) is 4.68 Å². The predicted octanol–water partition coefficient (Wildman–Crippen LogP) is -0.193. The second kappa shape index (κ2) is 4.92. The summed E-state index contributed by atoms with van der Waals surface area (Å²) >= 11 is 0. The van der Waals surface area contributed by atoms with Crippen LogP contribution in [0.15, 0.2) is 6.33 Å². The number of rotatable bonds is 5. The predicted molar refractivity (Wildman–Crippen MR) is 59.8 cm³/mol. The molecule has 16 heavy (non-hydrogen) atoms. The Morgan fingerprint density at radius 3 is 2.62 bits per heavy atom. The molecule has 0 saturated carbocycles. The van der Waals surface area contributed by atoms with Gasteiger partial charge in [-0.15, -0.1) is 0 Å². The molecular formula is C9H17N3O3S. The monoisotopic (exact) mass is 247 g/mol. The molecular weight excluding hydrogens is 230 g/mol. The minimum Gasteiger partial charge on any atom is -0.392 e. The SMILES string of the molecule is CC(C)n1ncnc1CC(O)CS(C)(=O)=O. The Balaban J connectivity index is 2.70. The molecule has 0 radical (unpaired) electrons. The van der Waals surface area contributed by atoms with E-state index in [4.69, 9.17) is 0 Å². The number of hydrogen-bond donors (Lipinski definition) is 1. The second-order valence-corrected chi connectivity index (χ2v) is 6.35. The van der Waals surface area contributed by atoms with E-state index in [2.05, 4.69) is 10.1 Å². The fourth-order valence-corrected chi connectivity index (χ4v) is 2.29. The average Bonchev–Trinajstić information content (AvgIpc) is 2.47. The van der Waals surface area contributed by atoms with E-state index in [1.807, 2.05) is 13.8 Å². The summed E-state index contributed by atoms with van der Waals surface area (Å²) in [6, 6.07) is 0.142. The van der Waals surface area contributed by atoms with Gasteiger partial charge in [-0.25, -0.2) is 18.1 Å². The van der Waals surface area contributed by atoms with Crippen molar-refractivity contribution < 1.29 is 13.5 Å². The van der Waals surface area contributed by atoms with Gasteiger partial charge < -0.3 is 5.11 Å². The Morgan fingerprint density at radius 2 is 2.12 bits per heavy atom. The third-order valence-electron chi connectivity index (χ3n) is 2.05. The molecule has 0 aliphatic rings. The van der Waals surface area contributed by atoms with Crippen LogP contribution in [0.5, 0.6) is 0 Å². The van der Waals surface area contributed by atoms with E-state index in [1.165, 1.54) is 6.33 Å². The van der Waals surface area contributed by atoms with Gasteiger partial charge in [-0.1, -0.05) is 0 Å². The number of aliphatic hydroxyl groups is 1. The zero-order chi connectivity index (χ0) is 12.3. The molecule has 92 valence electrons. The first-order valence-electron chi connectivity index (χ1n) is 5.04. The summed E-state index contributed by atoms with van der Waals surface area (Å²) in [5.74, 6) is 0.351. The van der Waals surface area contributed by atoms with Crippen molar-refractivity contribution in [2.24, 2.45) is 0 Å². The van der Waals surface area contributed by atoms with Gasteiger partial charge in [-0.2, -0.15) is 5.10 Å². The van der Waals surface area contributed by atoms with Crippen molar-refractivity contribution in [1.29, 1.82) is 0 Å². The van der Waals surface area contributed by atoms with Gasteiger partial charge in [-0.3, -0.25) is 0 Å². The summed E-state index contributed by atoms with van der Waals surface area (Å²) in [4.78, 5) is 4.00. The molecule has 1 unspecified atom stereocenters. The summed E-state index contributed by atoms with van der Waals surface area (Å²) in [6.07, 6.45) is 1.77. The number of aliphatic hydroxyl groups excluding tert-OH is 1. The molecule has 0 aliphatic carbocycles. The maximum Gasteiger partial charge on any atom is 0.150 e. The van der Waals surface area contributed by atoms with Crippen molar-refractivity contribution in [3.05, 3.63) is 12.2 Å². The van der Waals surface area contributed by atoms with Gasteiger partial charge in [0.1, 0.15) is 22.0 Å². The number of hydrogen-bond acceptors (Lipinski definition) is 5. The van der Waals surface area contributed by atoms with Crippen LogP contribution >= 0.6 is 0 Å². The normalized spacial score (nSPS) is 14.3. The molecule has 0 spiro atoms. The van der Waals surface area contributed by atoms with Gasteiger partial charge in [0, 0.05) is 18.7 Å². The molecule has 1 atom stereocenters. The Bertz CT molecular complexity index is 439. The lowest BCUT2D eigenvalue weighted by Crippen LogP contribution is -2.24. The van der Waals surface area contributed by atoms with Crippen molar-refractivity contribution in [2.45, 2.75) is 32.4 Å². The summed E-state index contributed by atoms with van der Waals surface area (Å²) in [7, 11) is -3.17. The van der Waals surface area contributed by atoms with Crippen molar-refractivity contribution in [3.63, 3.8) is 0 Å². The Hall–Kier alpha value is -0.950. The van der Waals surface area contributed by atoms with Crippen LogP contribution in [0, 0.1) is 0 Å². The minimum absolute atomic E-state index is 0.142. The third-order valence-corrected chi connectivity index (χ3v) is 3.04. The van der Waals surface area contributed by atoms with E-state index in [9.17, 15) is 13.5 Å². The average molecular weight is 247 g/mol. The third kappa shape index (κ3) is 3.90. The van der Waals surface area contributed by atoms with Gasteiger partial charge in [-0.05, 0) is 13.8 Å². The maximum atomic E-state index is 11.0. The van der Waals surface area contributed by atoms with Crippen LogP contribution in [-0.2, 0) is 16.3 Å². The molecule has 0 amide bonds. The number of aromatic nitrogens is 3. The molecule has 6 nitrogen and oxygen atoms in total. The molecule has 0 fully saturated rings. The highest BCUT2D eigenvalue weighted by Crippen LogP contribution is 2.08. The molecule has 1 heterocycles. The van der Waals surface area contributed by atoms with Crippen LogP contribution in [-0.4, -0.2) is 46.4 Å². The van der Waals surface area contributed by atoms with Crippen LogP contribution in [0.3, 0.4) is 0 Å². The Kier molecular flexibility index (Phi) is 4.03. The lowest BCUT2D eigenvalue weighted by molar-refractivity contribution is 0.192. The molecule has 0 aliphatic heterocycles. The summed E-state index contributed by atoms with van der Waals surface area (Å²) < 4.78 is 23.6. The maximum absolute atomic E-state index is 11.0. The van der Waals surface area contributed by atoms with Gasteiger partial charge in [0.15, 0.2) is 0 Å². The van der Waals surface area contributed by atoms with Crippen LogP contribution in [0.1, 0.15) is 25.7 Å². The molecule has 0 bridgehead atoms. The first-order chi connectivity index (χ1) is 7.29. The molecule has 1 aromatic heterocycles. The standard InChI is InChI=1S/C9H17N3O3S/c1-7(2)12-9(10-6-11-12)4-8(13)5-16(3,14)15/h6-8,13H,4-5H2,1-3H3. The van der Waals surface area contributed by atoms with Crippen LogP contribution < -0.4 is 0 Å². The molecule has 0 saturated heterocycles. The van der Waals surface area contributed by atoms with Gasteiger partial charge in [0.05, 0.1) is 11.9 Å². The molecule has 1 N–H and O–H groups in total. The Morgan fingerprint density at radius 1 is 1.50 bits per heavy atom. The lowest BCUT2D eigenvalue weighted by atomic mass is 10.2. The van der Waals surface area contributed by atoms with Crippen LogP contribution in [0.4, 0.5) is 0 Å². The summed E-state index contributed by atoms with van der Waals surface area (Å²) in [5, 5.41) is 13.6. The smallest absolute Gasteiger partial charge is 0.150 e. The molecule has 1 aromatic rings. The summed E-state index contributed by atoms with van der Waals surface area (Å²) in [5.41, 5.74) is 0. The van der Waals surface area contributed by atoms with Crippen molar-refractivity contribution in [3.8, 4) is 0 Å². The summed E-state index contributed by atoms with van der Waals surface area (Å²) in [6.45, 7) is 3.89. The first kappa shape index (κ1) is 13.1. The molecule has 1 rings (SSSR count). The lowest BCUT2D eigenvalue weighted by Gasteiger charge is -2.12. The highest BCUT2D eigenvalue weighted by Gasteiger charge is 2.17. The van der Waals surface area contributed by atoms with E-state index in [0.29, 0.717) is 5.82 Å². The fourth-order valence-electron chi connectivity index (χ4n) is 1.47. The van der Waals surface area contributed by atoms with Crippen molar-refractivity contribution in [2.75, 3.05) is 12.0 Å².